The van der Waals surface area contributed by atoms with Crippen molar-refractivity contribution in [2.75, 3.05) is 44.0 Å². The number of primary amides is 1. The maximum atomic E-state index is 12.8. The van der Waals surface area contributed by atoms with E-state index in [0.29, 0.717) is 12.1 Å². The summed E-state index contributed by atoms with van der Waals surface area (Å²) in [6.07, 6.45) is 0.950. The van der Waals surface area contributed by atoms with Gasteiger partial charge in [0.1, 0.15) is 4.75 Å². The van der Waals surface area contributed by atoms with Gasteiger partial charge in [-0.05, 0) is 54.3 Å². The molecule has 0 radical (unpaired) electrons. The van der Waals surface area contributed by atoms with E-state index in [4.69, 9.17) is 10.5 Å². The van der Waals surface area contributed by atoms with Crippen molar-refractivity contribution in [3.63, 3.8) is 0 Å². The van der Waals surface area contributed by atoms with Crippen molar-refractivity contribution >= 4 is 27.3 Å². The van der Waals surface area contributed by atoms with E-state index in [-0.39, 0.29) is 18.9 Å². The lowest BCUT2D eigenvalue weighted by molar-refractivity contribution is -0.120. The third-order valence-corrected chi connectivity index (χ3v) is 8.80. The van der Waals surface area contributed by atoms with Crippen LogP contribution in [0.4, 0.5) is 5.69 Å². The molecule has 0 aromatic heterocycles. The molecular weight excluding hydrogens is 442 g/mol. The fourth-order valence-corrected chi connectivity index (χ4v) is 5.09. The summed E-state index contributed by atoms with van der Waals surface area (Å²) in [5, 5.41) is 0. The quantitative estimate of drug-likeness (QED) is 0.660. The van der Waals surface area contributed by atoms with E-state index >= 15 is 0 Å². The van der Waals surface area contributed by atoms with Crippen LogP contribution in [0.25, 0.3) is 11.1 Å². The number of nitrogens with two attached hydrogens (primary N) is 1. The van der Waals surface area contributed by atoms with Crippen molar-refractivity contribution in [3.05, 3.63) is 53.6 Å². The van der Waals surface area contributed by atoms with Gasteiger partial charge in [-0.3, -0.25) is 9.59 Å². The summed E-state index contributed by atoms with van der Waals surface area (Å²) in [5.74, 6) is -1.07. The number of nitrogens with zero attached hydrogens (tertiary/aromatic N) is 2. The molecule has 176 valence electrons. The third-order valence-electron chi connectivity index (χ3n) is 6.76. The van der Waals surface area contributed by atoms with Gasteiger partial charge >= 0.3 is 0 Å². The van der Waals surface area contributed by atoms with E-state index in [1.165, 1.54) is 6.92 Å². The summed E-state index contributed by atoms with van der Waals surface area (Å²) in [5.41, 5.74) is 10.1. The van der Waals surface area contributed by atoms with Gasteiger partial charge in [-0.15, -0.1) is 0 Å². The minimum Gasteiger partial charge on any atom is -0.378 e. The lowest BCUT2D eigenvalue weighted by Crippen LogP contribution is -2.49. The normalized spacial score (nSPS) is 18.2. The molecule has 0 spiro atoms. The number of sulfone groups is 1. The van der Waals surface area contributed by atoms with Crippen LogP contribution >= 0.6 is 0 Å². The first-order valence-electron chi connectivity index (χ1n) is 10.9. The smallest absolute Gasteiger partial charge is 0.254 e. The predicted molar refractivity (Wildman–Crippen MR) is 127 cm³/mol. The first-order chi connectivity index (χ1) is 15.6. The SMILES string of the molecule is C[C@@](CCN1Cc2cc(-c3ccc(N4CCOCC4)cc3)ccc2C1=O)(C(N)=O)S(C)(=O)=O. The van der Waals surface area contributed by atoms with E-state index in [2.05, 4.69) is 29.2 Å². The van der Waals surface area contributed by atoms with Crippen LogP contribution < -0.4 is 10.6 Å². The van der Waals surface area contributed by atoms with Gasteiger partial charge < -0.3 is 20.3 Å². The Bertz CT molecular complexity index is 1170. The molecular formula is C24H29N3O5S. The molecule has 0 saturated carbocycles. The Morgan fingerprint density at radius 1 is 1.09 bits per heavy atom. The maximum absolute atomic E-state index is 12.8. The van der Waals surface area contributed by atoms with Gasteiger partial charge in [0.2, 0.25) is 5.91 Å². The highest BCUT2D eigenvalue weighted by Gasteiger charge is 2.42. The Morgan fingerprint density at radius 3 is 2.33 bits per heavy atom. The van der Waals surface area contributed by atoms with E-state index < -0.39 is 20.5 Å². The Labute approximate surface area is 194 Å². The van der Waals surface area contributed by atoms with Gasteiger partial charge in [-0.1, -0.05) is 18.2 Å². The number of fused-ring (bicyclic) bond motifs is 1. The standard InChI is InChI=1S/C24H29N3O5S/c1-24(23(25)29,33(2,30)31)9-10-27-16-19-15-18(5-8-21(19)22(27)28)17-3-6-20(7-4-17)26-11-13-32-14-12-26/h3-8,15H,9-14,16H2,1-2H3,(H2,25,29)/t24-/m1/s1. The van der Waals surface area contributed by atoms with Gasteiger partial charge in [0.15, 0.2) is 9.84 Å². The summed E-state index contributed by atoms with van der Waals surface area (Å²) in [6.45, 7) is 5.04. The van der Waals surface area contributed by atoms with Gasteiger partial charge in [-0.25, -0.2) is 8.42 Å². The van der Waals surface area contributed by atoms with Crippen LogP contribution in [0.2, 0.25) is 0 Å². The van der Waals surface area contributed by atoms with Gasteiger partial charge in [-0.2, -0.15) is 0 Å². The van der Waals surface area contributed by atoms with E-state index in [9.17, 15) is 18.0 Å². The second kappa shape index (κ2) is 8.79. The maximum Gasteiger partial charge on any atom is 0.254 e. The molecule has 1 fully saturated rings. The van der Waals surface area contributed by atoms with Crippen LogP contribution in [0, 0.1) is 0 Å². The number of anilines is 1. The Kier molecular flexibility index (Phi) is 6.20. The van der Waals surface area contributed by atoms with E-state index in [1.807, 2.05) is 18.2 Å². The number of morpholine rings is 1. The lowest BCUT2D eigenvalue weighted by atomic mass is 10.00. The highest BCUT2D eigenvalue weighted by atomic mass is 32.2. The lowest BCUT2D eigenvalue weighted by Gasteiger charge is -2.28. The molecule has 0 unspecified atom stereocenters. The number of hydrogen-bond acceptors (Lipinski definition) is 6. The summed E-state index contributed by atoms with van der Waals surface area (Å²) in [7, 11) is -3.72. The highest BCUT2D eigenvalue weighted by molar-refractivity contribution is 7.92. The second-order valence-electron chi connectivity index (χ2n) is 8.86. The van der Waals surface area contributed by atoms with Crippen LogP contribution in [0.3, 0.4) is 0 Å². The van der Waals surface area contributed by atoms with Crippen molar-refractivity contribution in [3.8, 4) is 11.1 Å². The number of carbonyl (C=O) groups excluding carboxylic acids is 2. The van der Waals surface area contributed by atoms with Crippen molar-refractivity contribution in [1.29, 1.82) is 0 Å². The van der Waals surface area contributed by atoms with Crippen molar-refractivity contribution in [2.24, 2.45) is 5.73 Å². The van der Waals surface area contributed by atoms with Crippen LogP contribution in [0.15, 0.2) is 42.5 Å². The zero-order valence-electron chi connectivity index (χ0n) is 18.9. The molecule has 2 aliphatic heterocycles. The molecule has 2 aliphatic rings. The van der Waals surface area contributed by atoms with Crippen LogP contribution in [0.5, 0.6) is 0 Å². The van der Waals surface area contributed by atoms with Crippen molar-refractivity contribution in [1.82, 2.24) is 4.90 Å². The van der Waals surface area contributed by atoms with Crippen molar-refractivity contribution < 1.29 is 22.7 Å². The van der Waals surface area contributed by atoms with Gasteiger partial charge in [0.05, 0.1) is 13.2 Å². The number of rotatable bonds is 7. The number of amides is 2. The number of hydrogen-bond donors (Lipinski definition) is 1. The van der Waals surface area contributed by atoms with Crippen molar-refractivity contribution in [2.45, 2.75) is 24.6 Å². The molecule has 2 aromatic rings. The van der Waals surface area contributed by atoms with Gasteiger partial charge in [0.25, 0.3) is 5.91 Å². The molecule has 4 rings (SSSR count). The number of ether oxygens (including phenoxy) is 1. The molecule has 0 bridgehead atoms. The zero-order chi connectivity index (χ0) is 23.8. The molecule has 33 heavy (non-hydrogen) atoms. The minimum atomic E-state index is -3.72. The highest BCUT2D eigenvalue weighted by Crippen LogP contribution is 2.31. The fraction of sp³-hybridized carbons (Fsp3) is 0.417. The Hall–Kier alpha value is -2.91. The van der Waals surface area contributed by atoms with Crippen LogP contribution in [-0.4, -0.2) is 69.0 Å². The first kappa shape index (κ1) is 23.3. The monoisotopic (exact) mass is 471 g/mol. The Balaban J connectivity index is 1.48. The molecule has 2 aromatic carbocycles. The summed E-state index contributed by atoms with van der Waals surface area (Å²) in [4.78, 5) is 28.5. The molecule has 8 nitrogen and oxygen atoms in total. The zero-order valence-corrected chi connectivity index (χ0v) is 19.7. The second-order valence-corrected chi connectivity index (χ2v) is 11.3. The number of carbonyl (C=O) groups is 2. The predicted octanol–water partition coefficient (Wildman–Crippen LogP) is 1.82. The fourth-order valence-electron chi connectivity index (χ4n) is 4.27. The third kappa shape index (κ3) is 4.47. The molecule has 2 N–H and O–H groups in total. The minimum absolute atomic E-state index is 0.0449. The molecule has 0 aliphatic carbocycles. The molecule has 2 amide bonds. The van der Waals surface area contributed by atoms with Crippen LogP contribution in [0.1, 0.15) is 29.3 Å². The average molecular weight is 472 g/mol. The molecule has 9 heteroatoms. The van der Waals surface area contributed by atoms with E-state index in [1.54, 1.807) is 4.90 Å². The summed E-state index contributed by atoms with van der Waals surface area (Å²) >= 11 is 0. The average Bonchev–Trinajstić information content (AvgIpc) is 3.12. The summed E-state index contributed by atoms with van der Waals surface area (Å²) < 4.78 is 27.9. The Morgan fingerprint density at radius 2 is 1.73 bits per heavy atom. The topological polar surface area (TPSA) is 110 Å². The summed E-state index contributed by atoms with van der Waals surface area (Å²) in [6, 6.07) is 14.1. The molecule has 2 heterocycles. The van der Waals surface area contributed by atoms with E-state index in [0.717, 1.165) is 54.9 Å². The molecule has 1 saturated heterocycles. The molecule has 1 atom stereocenters. The van der Waals surface area contributed by atoms with Gasteiger partial charge in [0, 0.05) is 43.7 Å². The number of benzene rings is 2. The first-order valence-corrected chi connectivity index (χ1v) is 12.8. The largest absolute Gasteiger partial charge is 0.378 e. The van der Waals surface area contributed by atoms with Crippen LogP contribution in [-0.2, 0) is 25.9 Å².